The number of hydrogen-bond acceptors (Lipinski definition) is 4. The van der Waals surface area contributed by atoms with Gasteiger partial charge in [-0.3, -0.25) is 4.79 Å². The first-order chi connectivity index (χ1) is 15.0. The minimum absolute atomic E-state index is 0.321. The van der Waals surface area contributed by atoms with Gasteiger partial charge in [0.15, 0.2) is 11.5 Å². The minimum atomic E-state index is -0.321. The van der Waals surface area contributed by atoms with Crippen LogP contribution in [0.1, 0.15) is 34.0 Å². The molecule has 3 rings (SSSR count). The molecule has 0 saturated carbocycles. The molecule has 1 amide bonds. The van der Waals surface area contributed by atoms with Crippen molar-refractivity contribution < 1.29 is 14.3 Å². The van der Waals surface area contributed by atoms with Gasteiger partial charge in [-0.05, 0) is 65.2 Å². The Morgan fingerprint density at radius 2 is 1.87 bits per heavy atom. The quantitative estimate of drug-likeness (QED) is 0.297. The highest BCUT2D eigenvalue weighted by Crippen LogP contribution is 2.37. The zero-order chi connectivity index (χ0) is 22.2. The van der Waals surface area contributed by atoms with Crippen molar-refractivity contribution in [2.24, 2.45) is 5.10 Å². The van der Waals surface area contributed by atoms with E-state index in [-0.39, 0.29) is 5.91 Å². The maximum atomic E-state index is 12.3. The first-order valence-electron chi connectivity index (χ1n) is 9.70. The standard InChI is InChI=1S/C24H22BrClN2O3/c1-3-30-22-13-18(14-27-28-24(29)19-6-4-5-7-20(19)25)12-21(26)23(22)31-15-17-10-8-16(2)9-11-17/h4-14H,3,15H2,1-2H3,(H,28,29)/b27-14+. The topological polar surface area (TPSA) is 59.9 Å². The maximum Gasteiger partial charge on any atom is 0.272 e. The Morgan fingerprint density at radius 3 is 2.58 bits per heavy atom. The average molecular weight is 502 g/mol. The number of benzene rings is 3. The molecule has 0 radical (unpaired) electrons. The Hall–Kier alpha value is -2.83. The van der Waals surface area contributed by atoms with Gasteiger partial charge in [-0.1, -0.05) is 53.6 Å². The number of rotatable bonds is 8. The van der Waals surface area contributed by atoms with E-state index < -0.39 is 0 Å². The van der Waals surface area contributed by atoms with E-state index in [0.717, 1.165) is 5.56 Å². The van der Waals surface area contributed by atoms with Crippen LogP contribution in [0.4, 0.5) is 0 Å². The summed E-state index contributed by atoms with van der Waals surface area (Å²) in [5, 5.41) is 4.43. The van der Waals surface area contributed by atoms with Gasteiger partial charge in [0, 0.05) is 4.47 Å². The summed E-state index contributed by atoms with van der Waals surface area (Å²) in [6, 6.07) is 18.7. The minimum Gasteiger partial charge on any atom is -0.490 e. The Bertz CT molecular complexity index is 1080. The van der Waals surface area contributed by atoms with Crippen molar-refractivity contribution in [1.82, 2.24) is 5.43 Å². The van der Waals surface area contributed by atoms with Crippen LogP contribution in [0, 0.1) is 6.92 Å². The molecular formula is C24H22BrClN2O3. The number of carbonyl (C=O) groups excluding carboxylic acids is 1. The molecule has 0 aliphatic heterocycles. The number of hydrazone groups is 1. The fourth-order valence-corrected chi connectivity index (χ4v) is 3.51. The Kier molecular flexibility index (Phi) is 8.09. The first-order valence-corrected chi connectivity index (χ1v) is 10.9. The molecule has 160 valence electrons. The van der Waals surface area contributed by atoms with Gasteiger partial charge in [0.1, 0.15) is 6.61 Å². The van der Waals surface area contributed by atoms with E-state index >= 15 is 0 Å². The molecule has 3 aromatic rings. The highest BCUT2D eigenvalue weighted by atomic mass is 79.9. The van der Waals surface area contributed by atoms with Crippen LogP contribution in [0.2, 0.25) is 5.02 Å². The highest BCUT2D eigenvalue weighted by molar-refractivity contribution is 9.10. The number of halogens is 2. The van der Waals surface area contributed by atoms with Crippen molar-refractivity contribution >= 4 is 39.7 Å². The van der Waals surface area contributed by atoms with E-state index in [0.29, 0.717) is 45.3 Å². The molecule has 0 aliphatic rings. The maximum absolute atomic E-state index is 12.3. The predicted molar refractivity (Wildman–Crippen MR) is 127 cm³/mol. The summed E-state index contributed by atoms with van der Waals surface area (Å²) in [6.45, 7) is 4.75. The third kappa shape index (κ3) is 6.32. The summed E-state index contributed by atoms with van der Waals surface area (Å²) >= 11 is 9.81. The number of aryl methyl sites for hydroxylation is 1. The lowest BCUT2D eigenvalue weighted by Gasteiger charge is -2.14. The Balaban J connectivity index is 1.73. The number of nitrogens with zero attached hydrogens (tertiary/aromatic N) is 1. The van der Waals surface area contributed by atoms with Gasteiger partial charge in [0.05, 0.1) is 23.4 Å². The lowest BCUT2D eigenvalue weighted by Crippen LogP contribution is -2.18. The molecule has 0 unspecified atom stereocenters. The smallest absolute Gasteiger partial charge is 0.272 e. The molecule has 0 spiro atoms. The number of hydrogen-bond donors (Lipinski definition) is 1. The fourth-order valence-electron chi connectivity index (χ4n) is 2.78. The average Bonchev–Trinajstić information content (AvgIpc) is 2.75. The second kappa shape index (κ2) is 11.0. The van der Waals surface area contributed by atoms with Crippen LogP contribution in [0.3, 0.4) is 0 Å². The number of carbonyl (C=O) groups is 1. The summed E-state index contributed by atoms with van der Waals surface area (Å²) in [7, 11) is 0. The molecule has 5 nitrogen and oxygen atoms in total. The van der Waals surface area contributed by atoms with Crippen LogP contribution < -0.4 is 14.9 Å². The van der Waals surface area contributed by atoms with Gasteiger partial charge in [0.2, 0.25) is 0 Å². The van der Waals surface area contributed by atoms with Crippen LogP contribution in [-0.2, 0) is 6.61 Å². The molecule has 0 bridgehead atoms. The number of nitrogens with one attached hydrogen (secondary N) is 1. The molecule has 1 N–H and O–H groups in total. The molecule has 0 saturated heterocycles. The molecule has 0 aromatic heterocycles. The van der Waals surface area contributed by atoms with Crippen molar-refractivity contribution in [2.45, 2.75) is 20.5 Å². The van der Waals surface area contributed by atoms with E-state index in [4.69, 9.17) is 21.1 Å². The normalized spacial score (nSPS) is 10.8. The van der Waals surface area contributed by atoms with Crippen molar-refractivity contribution in [1.29, 1.82) is 0 Å². The molecule has 3 aromatic carbocycles. The van der Waals surface area contributed by atoms with Gasteiger partial charge in [-0.25, -0.2) is 5.43 Å². The van der Waals surface area contributed by atoms with Crippen LogP contribution in [0.25, 0.3) is 0 Å². The third-order valence-corrected chi connectivity index (χ3v) is 5.31. The second-order valence-electron chi connectivity index (χ2n) is 6.72. The summed E-state index contributed by atoms with van der Waals surface area (Å²) in [6.07, 6.45) is 1.51. The molecule has 0 atom stereocenters. The van der Waals surface area contributed by atoms with E-state index in [2.05, 4.69) is 26.5 Å². The third-order valence-electron chi connectivity index (χ3n) is 4.33. The summed E-state index contributed by atoms with van der Waals surface area (Å²) in [5.74, 6) is 0.664. The van der Waals surface area contributed by atoms with Crippen LogP contribution in [0.5, 0.6) is 11.5 Å². The van der Waals surface area contributed by atoms with Gasteiger partial charge < -0.3 is 9.47 Å². The Labute approximate surface area is 195 Å². The molecule has 7 heteroatoms. The van der Waals surface area contributed by atoms with Gasteiger partial charge in [0.25, 0.3) is 5.91 Å². The monoisotopic (exact) mass is 500 g/mol. The molecule has 0 aliphatic carbocycles. The molecule has 0 fully saturated rings. The van der Waals surface area contributed by atoms with Gasteiger partial charge >= 0.3 is 0 Å². The van der Waals surface area contributed by atoms with Crippen LogP contribution in [-0.4, -0.2) is 18.7 Å². The van der Waals surface area contributed by atoms with Crippen LogP contribution >= 0.6 is 27.5 Å². The SMILES string of the molecule is CCOc1cc(/C=N/NC(=O)c2ccccc2Br)cc(Cl)c1OCc1ccc(C)cc1. The van der Waals surface area contributed by atoms with Crippen molar-refractivity contribution in [3.63, 3.8) is 0 Å². The molecule has 31 heavy (non-hydrogen) atoms. The fraction of sp³-hybridized carbons (Fsp3) is 0.167. The summed E-state index contributed by atoms with van der Waals surface area (Å²) in [5.41, 5.74) is 5.89. The predicted octanol–water partition coefficient (Wildman–Crippen LogP) is 6.15. The van der Waals surface area contributed by atoms with Gasteiger partial charge in [-0.2, -0.15) is 5.10 Å². The lowest BCUT2D eigenvalue weighted by molar-refractivity contribution is 0.0954. The second-order valence-corrected chi connectivity index (χ2v) is 7.98. The van der Waals surface area contributed by atoms with Crippen molar-refractivity contribution in [3.8, 4) is 11.5 Å². The first kappa shape index (κ1) is 22.8. The number of amides is 1. The van der Waals surface area contributed by atoms with Crippen molar-refractivity contribution in [3.05, 3.63) is 92.4 Å². The molecular weight excluding hydrogens is 480 g/mol. The largest absolute Gasteiger partial charge is 0.490 e. The molecule has 0 heterocycles. The van der Waals surface area contributed by atoms with Crippen LogP contribution in [0.15, 0.2) is 70.2 Å². The van der Waals surface area contributed by atoms with Gasteiger partial charge in [-0.15, -0.1) is 0 Å². The van der Waals surface area contributed by atoms with E-state index in [9.17, 15) is 4.79 Å². The lowest BCUT2D eigenvalue weighted by atomic mass is 10.1. The summed E-state index contributed by atoms with van der Waals surface area (Å²) in [4.78, 5) is 12.3. The Morgan fingerprint density at radius 1 is 1.13 bits per heavy atom. The van der Waals surface area contributed by atoms with E-state index in [1.807, 2.05) is 44.2 Å². The van der Waals surface area contributed by atoms with E-state index in [1.54, 1.807) is 30.3 Å². The number of ether oxygens (including phenoxy) is 2. The zero-order valence-corrected chi connectivity index (χ0v) is 19.5. The van der Waals surface area contributed by atoms with Crippen molar-refractivity contribution in [2.75, 3.05) is 6.61 Å². The summed E-state index contributed by atoms with van der Waals surface area (Å²) < 4.78 is 12.3. The van der Waals surface area contributed by atoms with E-state index in [1.165, 1.54) is 11.8 Å². The zero-order valence-electron chi connectivity index (χ0n) is 17.2. The highest BCUT2D eigenvalue weighted by Gasteiger charge is 2.13.